The van der Waals surface area contributed by atoms with E-state index in [1.54, 1.807) is 24.3 Å². The first kappa shape index (κ1) is 25.6. The Morgan fingerprint density at radius 1 is 0.919 bits per heavy atom. The van der Waals surface area contributed by atoms with Crippen molar-refractivity contribution in [1.29, 1.82) is 0 Å². The quantitative estimate of drug-likeness (QED) is 0.340. The highest BCUT2D eigenvalue weighted by atomic mass is 32.2. The minimum atomic E-state index is -4.47. The topological polar surface area (TPSA) is 110 Å². The molecule has 0 fully saturated rings. The summed E-state index contributed by atoms with van der Waals surface area (Å²) in [5.41, 5.74) is 0.639. The molecule has 3 aromatic carbocycles. The molecule has 0 atom stereocenters. The Balaban J connectivity index is 1.51. The molecule has 0 aliphatic rings. The van der Waals surface area contributed by atoms with Gasteiger partial charge in [0.2, 0.25) is 5.88 Å². The third-order valence-electron chi connectivity index (χ3n) is 5.21. The van der Waals surface area contributed by atoms with Gasteiger partial charge in [0.1, 0.15) is 12.1 Å². The first-order valence-corrected chi connectivity index (χ1v) is 12.1. The molecule has 0 spiro atoms. The number of benzene rings is 3. The number of aromatic nitrogens is 2. The summed E-state index contributed by atoms with van der Waals surface area (Å²) in [4.78, 5) is 20.5. The predicted octanol–water partition coefficient (Wildman–Crippen LogP) is 5.22. The van der Waals surface area contributed by atoms with Gasteiger partial charge in [-0.3, -0.25) is 9.52 Å². The van der Waals surface area contributed by atoms with Crippen molar-refractivity contribution in [3.8, 4) is 17.0 Å². The second-order valence-corrected chi connectivity index (χ2v) is 9.33. The van der Waals surface area contributed by atoms with E-state index < -0.39 is 27.7 Å². The van der Waals surface area contributed by atoms with Crippen LogP contribution in [0.15, 0.2) is 90.1 Å². The van der Waals surface area contributed by atoms with Crippen molar-refractivity contribution in [3.63, 3.8) is 0 Å². The molecular formula is C25H19F3N4O4S. The van der Waals surface area contributed by atoms with Crippen LogP contribution in [0.2, 0.25) is 0 Å². The number of hydrogen-bond acceptors (Lipinski definition) is 6. The number of amides is 1. The summed E-state index contributed by atoms with van der Waals surface area (Å²) in [6, 6.07) is 17.7. The first-order valence-electron chi connectivity index (χ1n) is 10.6. The number of sulfonamides is 1. The summed E-state index contributed by atoms with van der Waals surface area (Å²) in [7, 11) is -2.60. The average molecular weight is 529 g/mol. The van der Waals surface area contributed by atoms with Crippen LogP contribution in [-0.2, 0) is 16.2 Å². The second-order valence-electron chi connectivity index (χ2n) is 7.65. The Labute approximate surface area is 210 Å². The lowest BCUT2D eigenvalue weighted by Crippen LogP contribution is -2.15. The SMILES string of the molecule is COc1cc(NS(=O)(=O)c2ccc(NC(=O)c3ccccc3-c3ccc(C(F)(F)F)cc3)cc2)ncn1. The van der Waals surface area contributed by atoms with Gasteiger partial charge in [0.05, 0.1) is 17.6 Å². The van der Waals surface area contributed by atoms with E-state index in [-0.39, 0.29) is 22.2 Å². The number of ether oxygens (including phenoxy) is 1. The van der Waals surface area contributed by atoms with E-state index >= 15 is 0 Å². The van der Waals surface area contributed by atoms with Crippen molar-refractivity contribution < 1.29 is 31.1 Å². The number of halogens is 3. The highest BCUT2D eigenvalue weighted by molar-refractivity contribution is 7.92. The molecule has 2 N–H and O–H groups in total. The molecule has 1 amide bonds. The number of carbonyl (C=O) groups is 1. The van der Waals surface area contributed by atoms with E-state index in [0.717, 1.165) is 18.5 Å². The number of hydrogen-bond donors (Lipinski definition) is 2. The fraction of sp³-hybridized carbons (Fsp3) is 0.0800. The molecule has 8 nitrogen and oxygen atoms in total. The third-order valence-corrected chi connectivity index (χ3v) is 6.58. The lowest BCUT2D eigenvalue weighted by Gasteiger charge is -2.12. The molecule has 0 saturated carbocycles. The number of alkyl halides is 3. The van der Waals surface area contributed by atoms with Gasteiger partial charge in [-0.05, 0) is 53.6 Å². The molecule has 0 radical (unpaired) electrons. The van der Waals surface area contributed by atoms with Gasteiger partial charge in [0.25, 0.3) is 15.9 Å². The third kappa shape index (κ3) is 6.04. The van der Waals surface area contributed by atoms with Crippen LogP contribution in [0, 0.1) is 0 Å². The number of nitrogens with zero attached hydrogens (tertiary/aromatic N) is 2. The van der Waals surface area contributed by atoms with Gasteiger partial charge in [-0.1, -0.05) is 30.3 Å². The van der Waals surface area contributed by atoms with Crippen LogP contribution in [0.5, 0.6) is 5.88 Å². The van der Waals surface area contributed by atoms with Crippen LogP contribution in [0.4, 0.5) is 24.7 Å². The molecule has 12 heteroatoms. The number of carbonyl (C=O) groups excluding carboxylic acids is 1. The minimum absolute atomic E-state index is 0.0177. The van der Waals surface area contributed by atoms with Crippen molar-refractivity contribution in [2.45, 2.75) is 11.1 Å². The van der Waals surface area contributed by atoms with Crippen LogP contribution < -0.4 is 14.8 Å². The molecule has 0 bridgehead atoms. The molecule has 0 aliphatic carbocycles. The highest BCUT2D eigenvalue weighted by Crippen LogP contribution is 2.32. The van der Waals surface area contributed by atoms with Crippen molar-refractivity contribution in [1.82, 2.24) is 9.97 Å². The standard InChI is InChI=1S/C25H19F3N4O4S/c1-36-23-14-22(29-15-30-23)32-37(34,35)19-12-10-18(11-13-19)31-24(33)21-5-3-2-4-20(21)16-6-8-17(9-7-16)25(26,27)28/h2-15H,1H3,(H,31,33)(H,29,30,32). The van der Waals surface area contributed by atoms with E-state index in [0.29, 0.717) is 16.8 Å². The number of anilines is 2. The smallest absolute Gasteiger partial charge is 0.416 e. The molecule has 37 heavy (non-hydrogen) atoms. The molecule has 1 aromatic heterocycles. The predicted molar refractivity (Wildman–Crippen MR) is 131 cm³/mol. The van der Waals surface area contributed by atoms with Crippen LogP contribution >= 0.6 is 0 Å². The lowest BCUT2D eigenvalue weighted by molar-refractivity contribution is -0.137. The number of nitrogens with one attached hydrogen (secondary N) is 2. The van der Waals surface area contributed by atoms with E-state index in [1.165, 1.54) is 49.6 Å². The Kier molecular flexibility index (Phi) is 7.11. The maximum absolute atomic E-state index is 13.0. The summed E-state index contributed by atoms with van der Waals surface area (Å²) in [5, 5.41) is 2.68. The fourth-order valence-corrected chi connectivity index (χ4v) is 4.39. The summed E-state index contributed by atoms with van der Waals surface area (Å²) in [5.74, 6) is -0.316. The molecule has 0 aliphatic heterocycles. The minimum Gasteiger partial charge on any atom is -0.481 e. The molecule has 1 heterocycles. The van der Waals surface area contributed by atoms with E-state index in [4.69, 9.17) is 4.74 Å². The van der Waals surface area contributed by atoms with Gasteiger partial charge >= 0.3 is 6.18 Å². The van der Waals surface area contributed by atoms with E-state index in [9.17, 15) is 26.4 Å². The van der Waals surface area contributed by atoms with Gasteiger partial charge < -0.3 is 10.1 Å². The van der Waals surface area contributed by atoms with Gasteiger partial charge in [-0.15, -0.1) is 0 Å². The normalized spacial score (nSPS) is 11.6. The Hall–Kier alpha value is -4.45. The van der Waals surface area contributed by atoms with Crippen molar-refractivity contribution in [3.05, 3.63) is 96.3 Å². The largest absolute Gasteiger partial charge is 0.481 e. The molecule has 0 unspecified atom stereocenters. The van der Waals surface area contributed by atoms with Gasteiger partial charge in [0.15, 0.2) is 0 Å². The maximum Gasteiger partial charge on any atom is 0.416 e. The molecule has 190 valence electrons. The number of rotatable bonds is 7. The van der Waals surface area contributed by atoms with Crippen molar-refractivity contribution in [2.24, 2.45) is 0 Å². The maximum atomic E-state index is 13.0. The van der Waals surface area contributed by atoms with E-state index in [2.05, 4.69) is 20.0 Å². The summed E-state index contributed by atoms with van der Waals surface area (Å²) >= 11 is 0. The molecule has 4 aromatic rings. The van der Waals surface area contributed by atoms with Crippen LogP contribution in [-0.4, -0.2) is 31.4 Å². The van der Waals surface area contributed by atoms with Gasteiger partial charge in [-0.25, -0.2) is 18.4 Å². The average Bonchev–Trinajstić information content (AvgIpc) is 2.88. The summed E-state index contributed by atoms with van der Waals surface area (Å²) in [6.45, 7) is 0. The molecule has 4 rings (SSSR count). The lowest BCUT2D eigenvalue weighted by atomic mass is 9.98. The van der Waals surface area contributed by atoms with Crippen molar-refractivity contribution in [2.75, 3.05) is 17.1 Å². The zero-order valence-electron chi connectivity index (χ0n) is 19.2. The fourth-order valence-electron chi connectivity index (χ4n) is 3.39. The van der Waals surface area contributed by atoms with Gasteiger partial charge in [0, 0.05) is 17.3 Å². The van der Waals surface area contributed by atoms with Crippen LogP contribution in [0.3, 0.4) is 0 Å². The van der Waals surface area contributed by atoms with Crippen molar-refractivity contribution >= 4 is 27.4 Å². The number of methoxy groups -OCH3 is 1. The Bertz CT molecular complexity index is 1530. The highest BCUT2D eigenvalue weighted by Gasteiger charge is 2.30. The Morgan fingerprint density at radius 2 is 1.59 bits per heavy atom. The summed E-state index contributed by atoms with van der Waals surface area (Å²) < 4.78 is 71.3. The van der Waals surface area contributed by atoms with E-state index in [1.807, 2.05) is 0 Å². The first-order chi connectivity index (χ1) is 17.6. The zero-order valence-corrected chi connectivity index (χ0v) is 20.0. The van der Waals surface area contributed by atoms with Crippen LogP contribution in [0.25, 0.3) is 11.1 Å². The summed E-state index contributed by atoms with van der Waals surface area (Å²) in [6.07, 6.45) is -3.32. The van der Waals surface area contributed by atoms with Crippen LogP contribution in [0.1, 0.15) is 15.9 Å². The van der Waals surface area contributed by atoms with Gasteiger partial charge in [-0.2, -0.15) is 13.2 Å². The zero-order chi connectivity index (χ0) is 26.6. The molecular weight excluding hydrogens is 509 g/mol. The monoisotopic (exact) mass is 528 g/mol. The molecule has 0 saturated heterocycles. The second kappa shape index (κ2) is 10.3. The Morgan fingerprint density at radius 3 is 2.24 bits per heavy atom.